The van der Waals surface area contributed by atoms with Gasteiger partial charge < -0.3 is 10.5 Å². The summed E-state index contributed by atoms with van der Waals surface area (Å²) in [7, 11) is 1.61. The van der Waals surface area contributed by atoms with Crippen LogP contribution in [0.15, 0.2) is 18.2 Å². The van der Waals surface area contributed by atoms with Crippen LogP contribution in [-0.2, 0) is 5.41 Å². The summed E-state index contributed by atoms with van der Waals surface area (Å²) in [6, 6.07) is 5.52. The highest BCUT2D eigenvalue weighted by molar-refractivity contribution is 7.16. The normalized spacial score (nSPS) is 11.6. The van der Waals surface area contributed by atoms with E-state index in [1.165, 1.54) is 11.3 Å². The first kappa shape index (κ1) is 14.2. The predicted octanol–water partition coefficient (Wildman–Crippen LogP) is 4.35. The number of nitrogens with two attached hydrogens (primary N) is 1. The zero-order valence-electron chi connectivity index (χ0n) is 11.5. The van der Waals surface area contributed by atoms with Crippen molar-refractivity contribution in [3.63, 3.8) is 0 Å². The summed E-state index contributed by atoms with van der Waals surface area (Å²) in [5, 5.41) is 2.25. The molecule has 0 saturated heterocycles. The van der Waals surface area contributed by atoms with E-state index in [1.54, 1.807) is 7.11 Å². The molecule has 5 heteroatoms. The number of methoxy groups -OCH3 is 1. The molecule has 0 unspecified atom stereocenters. The Bertz CT molecular complexity index is 602. The highest BCUT2D eigenvalue weighted by Gasteiger charge is 2.23. The Labute approximate surface area is 122 Å². The maximum atomic E-state index is 6.27. The molecule has 2 aromatic rings. The molecule has 0 aliphatic carbocycles. The molecular formula is C14H17ClN2OS. The molecule has 19 heavy (non-hydrogen) atoms. The average Bonchev–Trinajstić information content (AvgIpc) is 2.70. The van der Waals surface area contributed by atoms with Gasteiger partial charge in [-0.15, -0.1) is 11.3 Å². The maximum absolute atomic E-state index is 6.27. The van der Waals surface area contributed by atoms with Crippen LogP contribution in [-0.4, -0.2) is 12.1 Å². The number of thiazole rings is 1. The number of nitrogens with zero attached hydrogens (tertiary/aromatic N) is 1. The fourth-order valence-electron chi connectivity index (χ4n) is 1.74. The van der Waals surface area contributed by atoms with Crippen LogP contribution in [0.5, 0.6) is 5.75 Å². The van der Waals surface area contributed by atoms with Crippen molar-refractivity contribution >= 4 is 27.9 Å². The lowest BCUT2D eigenvalue weighted by molar-refractivity contribution is 0.416. The van der Waals surface area contributed by atoms with E-state index in [2.05, 4.69) is 25.8 Å². The van der Waals surface area contributed by atoms with Crippen LogP contribution < -0.4 is 10.5 Å². The Morgan fingerprint density at radius 3 is 2.53 bits per heavy atom. The summed E-state index contributed by atoms with van der Waals surface area (Å²) in [5.74, 6) is 0.685. The maximum Gasteiger partial charge on any atom is 0.129 e. The Balaban J connectivity index is 2.63. The molecule has 0 aliphatic heterocycles. The minimum Gasteiger partial charge on any atom is -0.496 e. The molecule has 0 radical (unpaired) electrons. The highest BCUT2D eigenvalue weighted by Crippen LogP contribution is 2.42. The lowest BCUT2D eigenvalue weighted by atomic mass is 9.98. The first-order valence-corrected chi connectivity index (χ1v) is 7.13. The summed E-state index contributed by atoms with van der Waals surface area (Å²) < 4.78 is 5.36. The summed E-state index contributed by atoms with van der Waals surface area (Å²) in [5.41, 5.74) is 7.53. The Kier molecular flexibility index (Phi) is 3.74. The fourth-order valence-corrected chi connectivity index (χ4v) is 2.89. The molecule has 1 aromatic heterocycles. The molecule has 0 bridgehead atoms. The summed E-state index contributed by atoms with van der Waals surface area (Å²) in [4.78, 5) is 4.65. The molecule has 0 atom stereocenters. The number of anilines is 1. The number of halogens is 1. The first-order valence-electron chi connectivity index (χ1n) is 5.94. The van der Waals surface area contributed by atoms with E-state index in [4.69, 9.17) is 22.1 Å². The van der Waals surface area contributed by atoms with Crippen molar-refractivity contribution in [1.29, 1.82) is 0 Å². The van der Waals surface area contributed by atoms with Crippen molar-refractivity contribution in [2.75, 3.05) is 12.8 Å². The lowest BCUT2D eigenvalue weighted by Crippen LogP contribution is -2.10. The number of benzene rings is 1. The third-order valence-electron chi connectivity index (χ3n) is 2.73. The van der Waals surface area contributed by atoms with Gasteiger partial charge in [0.1, 0.15) is 21.5 Å². The SMILES string of the molecule is COc1cccc(Cl)c1-c1nc(C(C)(C)C)sc1N. The van der Waals surface area contributed by atoms with Crippen LogP contribution in [0.2, 0.25) is 5.02 Å². The molecular weight excluding hydrogens is 280 g/mol. The fraction of sp³-hybridized carbons (Fsp3) is 0.357. The molecule has 0 amide bonds. The largest absolute Gasteiger partial charge is 0.496 e. The van der Waals surface area contributed by atoms with Crippen LogP contribution in [0.4, 0.5) is 5.00 Å². The van der Waals surface area contributed by atoms with Crippen molar-refractivity contribution < 1.29 is 4.74 Å². The van der Waals surface area contributed by atoms with E-state index in [0.717, 1.165) is 10.6 Å². The summed E-state index contributed by atoms with van der Waals surface area (Å²) >= 11 is 7.76. The van der Waals surface area contributed by atoms with Gasteiger partial charge in [0.2, 0.25) is 0 Å². The van der Waals surface area contributed by atoms with Crippen molar-refractivity contribution in [3.05, 3.63) is 28.2 Å². The van der Waals surface area contributed by atoms with Crippen LogP contribution in [0.1, 0.15) is 25.8 Å². The third-order valence-corrected chi connectivity index (χ3v) is 4.35. The van der Waals surface area contributed by atoms with Gasteiger partial charge in [-0.25, -0.2) is 4.98 Å². The first-order chi connectivity index (χ1) is 8.84. The van der Waals surface area contributed by atoms with Crippen LogP contribution >= 0.6 is 22.9 Å². The molecule has 2 N–H and O–H groups in total. The quantitative estimate of drug-likeness (QED) is 0.896. The number of ether oxygens (including phenoxy) is 1. The highest BCUT2D eigenvalue weighted by atomic mass is 35.5. The Hall–Kier alpha value is -1.26. The minimum atomic E-state index is -0.0362. The second kappa shape index (κ2) is 5.02. The van der Waals surface area contributed by atoms with Gasteiger partial charge in [0.25, 0.3) is 0 Å². The average molecular weight is 297 g/mol. The molecule has 2 rings (SSSR count). The van der Waals surface area contributed by atoms with Crippen molar-refractivity contribution in [2.24, 2.45) is 0 Å². The molecule has 1 heterocycles. The molecule has 0 aliphatic rings. The van der Waals surface area contributed by atoms with E-state index in [0.29, 0.717) is 21.5 Å². The van der Waals surface area contributed by atoms with Crippen molar-refractivity contribution in [2.45, 2.75) is 26.2 Å². The molecule has 102 valence electrons. The second-order valence-electron chi connectivity index (χ2n) is 5.30. The van der Waals surface area contributed by atoms with Gasteiger partial charge in [0.15, 0.2) is 0 Å². The van der Waals surface area contributed by atoms with Gasteiger partial charge in [0, 0.05) is 5.41 Å². The van der Waals surface area contributed by atoms with Gasteiger partial charge in [-0.05, 0) is 12.1 Å². The number of rotatable bonds is 2. The van der Waals surface area contributed by atoms with Crippen molar-refractivity contribution in [3.8, 4) is 17.0 Å². The Morgan fingerprint density at radius 1 is 1.32 bits per heavy atom. The molecule has 1 aromatic carbocycles. The summed E-state index contributed by atoms with van der Waals surface area (Å²) in [6.45, 7) is 6.33. The van der Waals surface area contributed by atoms with E-state index >= 15 is 0 Å². The van der Waals surface area contributed by atoms with Gasteiger partial charge in [-0.3, -0.25) is 0 Å². The van der Waals surface area contributed by atoms with E-state index < -0.39 is 0 Å². The number of hydrogen-bond donors (Lipinski definition) is 1. The van der Waals surface area contributed by atoms with Gasteiger partial charge in [0.05, 0.1) is 17.7 Å². The number of hydrogen-bond acceptors (Lipinski definition) is 4. The van der Waals surface area contributed by atoms with E-state index in [1.807, 2.05) is 18.2 Å². The van der Waals surface area contributed by atoms with Crippen LogP contribution in [0.3, 0.4) is 0 Å². The van der Waals surface area contributed by atoms with Gasteiger partial charge in [-0.2, -0.15) is 0 Å². The standard InChI is InChI=1S/C14H17ClN2OS/c1-14(2,3)13-17-11(12(16)19-13)10-8(15)6-5-7-9(10)18-4/h5-7H,16H2,1-4H3. The topological polar surface area (TPSA) is 48.1 Å². The molecule has 0 saturated carbocycles. The van der Waals surface area contributed by atoms with Gasteiger partial charge in [-0.1, -0.05) is 38.4 Å². The van der Waals surface area contributed by atoms with Crippen molar-refractivity contribution in [1.82, 2.24) is 4.98 Å². The van der Waals surface area contributed by atoms with Crippen LogP contribution in [0.25, 0.3) is 11.3 Å². The monoisotopic (exact) mass is 296 g/mol. The smallest absolute Gasteiger partial charge is 0.129 e. The Morgan fingerprint density at radius 2 is 2.00 bits per heavy atom. The summed E-state index contributed by atoms with van der Waals surface area (Å²) in [6.07, 6.45) is 0. The molecule has 0 spiro atoms. The van der Waals surface area contributed by atoms with Gasteiger partial charge >= 0.3 is 0 Å². The number of aromatic nitrogens is 1. The lowest BCUT2D eigenvalue weighted by Gasteiger charge is -2.13. The second-order valence-corrected chi connectivity index (χ2v) is 6.74. The molecule has 3 nitrogen and oxygen atoms in total. The minimum absolute atomic E-state index is 0.0362. The predicted molar refractivity (Wildman–Crippen MR) is 82.2 cm³/mol. The van der Waals surface area contributed by atoms with E-state index in [9.17, 15) is 0 Å². The molecule has 0 fully saturated rings. The third kappa shape index (κ3) is 2.69. The zero-order valence-corrected chi connectivity index (χ0v) is 13.0. The van der Waals surface area contributed by atoms with E-state index in [-0.39, 0.29) is 5.41 Å². The zero-order chi connectivity index (χ0) is 14.2. The van der Waals surface area contributed by atoms with Crippen LogP contribution in [0, 0.1) is 0 Å². The number of nitrogen functional groups attached to an aromatic ring is 1.